The van der Waals surface area contributed by atoms with Crippen molar-refractivity contribution in [1.29, 1.82) is 0 Å². The van der Waals surface area contributed by atoms with Crippen molar-refractivity contribution in [3.8, 4) is 5.75 Å². The summed E-state index contributed by atoms with van der Waals surface area (Å²) in [6.07, 6.45) is 4.84. The molecule has 2 aromatic rings. The molecule has 1 aromatic heterocycles. The zero-order chi connectivity index (χ0) is 17.8. The number of rotatable bonds is 6. The third-order valence-corrected chi connectivity index (χ3v) is 4.49. The Kier molecular flexibility index (Phi) is 5.53. The summed E-state index contributed by atoms with van der Waals surface area (Å²) in [6.45, 7) is -0.598. The van der Waals surface area contributed by atoms with Gasteiger partial charge in [-0.1, -0.05) is 12.1 Å². The fourth-order valence-corrected chi connectivity index (χ4v) is 3.32. The van der Waals surface area contributed by atoms with Crippen molar-refractivity contribution in [2.24, 2.45) is 0 Å². The lowest BCUT2D eigenvalue weighted by molar-refractivity contribution is -0.0490. The van der Waals surface area contributed by atoms with Crippen LogP contribution in [-0.2, 0) is 11.3 Å². The molecule has 0 unspecified atom stereocenters. The number of methoxy groups -OCH3 is 1. The molecule has 1 aliphatic rings. The first-order chi connectivity index (χ1) is 12.1. The van der Waals surface area contributed by atoms with E-state index >= 15 is 0 Å². The zero-order valence-electron chi connectivity index (χ0n) is 14.2. The molecule has 2 heterocycles. The number of alkyl halides is 2. The number of amides is 1. The van der Waals surface area contributed by atoms with Gasteiger partial charge in [-0.05, 0) is 25.3 Å². The van der Waals surface area contributed by atoms with Crippen LogP contribution in [0.25, 0.3) is 10.9 Å². The Bertz CT molecular complexity index is 739. The number of hydrogen-bond donors (Lipinski definition) is 0. The SMILES string of the molecule is COCCn1cc(C(=O)N2CCCCC2)c2cccc(OC(F)F)c21. The fourth-order valence-electron chi connectivity index (χ4n) is 3.32. The molecule has 0 bridgehead atoms. The Morgan fingerprint density at radius 2 is 2.00 bits per heavy atom. The maximum atomic E-state index is 12.9. The maximum Gasteiger partial charge on any atom is 0.387 e. The normalized spacial score (nSPS) is 15.1. The molecule has 1 amide bonds. The monoisotopic (exact) mass is 352 g/mol. The number of fused-ring (bicyclic) bond motifs is 1. The average Bonchev–Trinajstić information content (AvgIpc) is 2.99. The summed E-state index contributed by atoms with van der Waals surface area (Å²) < 4.78 is 37.0. The number of carbonyl (C=O) groups excluding carboxylic acids is 1. The third kappa shape index (κ3) is 3.76. The van der Waals surface area contributed by atoms with Crippen LogP contribution in [0.3, 0.4) is 0 Å². The number of hydrogen-bond acceptors (Lipinski definition) is 3. The molecular formula is C18H22F2N2O3. The molecule has 3 rings (SSSR count). The average molecular weight is 352 g/mol. The van der Waals surface area contributed by atoms with Gasteiger partial charge in [0.15, 0.2) is 0 Å². The van der Waals surface area contributed by atoms with Crippen molar-refractivity contribution in [3.63, 3.8) is 0 Å². The maximum absolute atomic E-state index is 12.9. The smallest absolute Gasteiger partial charge is 0.387 e. The predicted molar refractivity (Wildman–Crippen MR) is 90.2 cm³/mol. The van der Waals surface area contributed by atoms with E-state index in [9.17, 15) is 13.6 Å². The van der Waals surface area contributed by atoms with E-state index in [2.05, 4.69) is 4.74 Å². The lowest BCUT2D eigenvalue weighted by Gasteiger charge is -2.26. The summed E-state index contributed by atoms with van der Waals surface area (Å²) in [6, 6.07) is 4.90. The number of benzene rings is 1. The second-order valence-electron chi connectivity index (χ2n) is 6.11. The summed E-state index contributed by atoms with van der Waals surface area (Å²) in [5.41, 5.74) is 1.02. The molecule has 7 heteroatoms. The largest absolute Gasteiger partial charge is 0.433 e. The second kappa shape index (κ2) is 7.82. The summed E-state index contributed by atoms with van der Waals surface area (Å²) in [7, 11) is 1.57. The van der Waals surface area contributed by atoms with E-state index in [0.717, 1.165) is 32.4 Å². The van der Waals surface area contributed by atoms with Crippen molar-refractivity contribution >= 4 is 16.8 Å². The highest BCUT2D eigenvalue weighted by molar-refractivity contribution is 6.08. The van der Waals surface area contributed by atoms with Crippen LogP contribution in [-0.4, -0.2) is 48.8 Å². The first kappa shape index (κ1) is 17.7. The van der Waals surface area contributed by atoms with Crippen LogP contribution in [0.2, 0.25) is 0 Å². The van der Waals surface area contributed by atoms with E-state index in [4.69, 9.17) is 4.74 Å². The molecule has 0 atom stereocenters. The number of carbonyl (C=O) groups is 1. The van der Waals surface area contributed by atoms with Crippen molar-refractivity contribution < 1.29 is 23.0 Å². The second-order valence-corrected chi connectivity index (χ2v) is 6.11. The lowest BCUT2D eigenvalue weighted by Crippen LogP contribution is -2.35. The van der Waals surface area contributed by atoms with E-state index in [0.29, 0.717) is 29.6 Å². The highest BCUT2D eigenvalue weighted by atomic mass is 19.3. The third-order valence-electron chi connectivity index (χ3n) is 4.49. The van der Waals surface area contributed by atoms with Crippen LogP contribution in [0.4, 0.5) is 8.78 Å². The minimum Gasteiger partial charge on any atom is -0.433 e. The Morgan fingerprint density at radius 1 is 1.24 bits per heavy atom. The highest BCUT2D eigenvalue weighted by Crippen LogP contribution is 2.32. The minimum absolute atomic E-state index is 0.0601. The number of halogens is 2. The number of aromatic nitrogens is 1. The van der Waals surface area contributed by atoms with E-state index in [1.54, 1.807) is 30.0 Å². The van der Waals surface area contributed by atoms with Gasteiger partial charge in [-0.3, -0.25) is 4.79 Å². The summed E-state index contributed by atoms with van der Waals surface area (Å²) >= 11 is 0. The first-order valence-corrected chi connectivity index (χ1v) is 8.46. The fraction of sp³-hybridized carbons (Fsp3) is 0.500. The molecule has 0 radical (unpaired) electrons. The standard InChI is InChI=1S/C18H22F2N2O3/c1-24-11-10-22-12-14(17(23)21-8-3-2-4-9-21)13-6-5-7-15(16(13)22)25-18(19)20/h5-7,12,18H,2-4,8-11H2,1H3. The van der Waals surface area contributed by atoms with Crippen molar-refractivity contribution in [3.05, 3.63) is 30.0 Å². The molecule has 5 nitrogen and oxygen atoms in total. The van der Waals surface area contributed by atoms with Gasteiger partial charge in [0.25, 0.3) is 5.91 Å². The topological polar surface area (TPSA) is 43.7 Å². The van der Waals surface area contributed by atoms with E-state index < -0.39 is 6.61 Å². The van der Waals surface area contributed by atoms with Crippen LogP contribution in [0.5, 0.6) is 5.75 Å². The molecule has 0 spiro atoms. The number of para-hydroxylation sites is 1. The number of ether oxygens (including phenoxy) is 2. The molecule has 136 valence electrons. The Labute approximate surface area is 145 Å². The molecule has 1 aliphatic heterocycles. The molecule has 0 aliphatic carbocycles. The van der Waals surface area contributed by atoms with Gasteiger partial charge >= 0.3 is 6.61 Å². The molecule has 1 aromatic carbocycles. The Hall–Kier alpha value is -2.15. The predicted octanol–water partition coefficient (Wildman–Crippen LogP) is 3.52. The van der Waals surface area contributed by atoms with Crippen molar-refractivity contribution in [2.75, 3.05) is 26.8 Å². The van der Waals surface area contributed by atoms with Crippen LogP contribution in [0, 0.1) is 0 Å². The van der Waals surface area contributed by atoms with Crippen LogP contribution < -0.4 is 4.74 Å². The Balaban J connectivity index is 2.04. The molecule has 1 saturated heterocycles. The number of nitrogens with zero attached hydrogens (tertiary/aromatic N) is 2. The Morgan fingerprint density at radius 3 is 2.68 bits per heavy atom. The zero-order valence-corrected chi connectivity index (χ0v) is 14.2. The molecular weight excluding hydrogens is 330 g/mol. The van der Waals surface area contributed by atoms with E-state index in [1.807, 2.05) is 4.90 Å². The first-order valence-electron chi connectivity index (χ1n) is 8.46. The van der Waals surface area contributed by atoms with E-state index in [-0.39, 0.29) is 11.7 Å². The van der Waals surface area contributed by atoms with Gasteiger partial charge in [-0.2, -0.15) is 8.78 Å². The summed E-state index contributed by atoms with van der Waals surface area (Å²) in [5.74, 6) is 0.0105. The lowest BCUT2D eigenvalue weighted by atomic mass is 10.1. The van der Waals surface area contributed by atoms with Gasteiger partial charge in [0.05, 0.1) is 17.7 Å². The van der Waals surface area contributed by atoms with Crippen molar-refractivity contribution in [2.45, 2.75) is 32.4 Å². The highest BCUT2D eigenvalue weighted by Gasteiger charge is 2.24. The van der Waals surface area contributed by atoms with E-state index in [1.165, 1.54) is 6.07 Å². The summed E-state index contributed by atoms with van der Waals surface area (Å²) in [5, 5.41) is 0.629. The molecule has 0 N–H and O–H groups in total. The van der Waals surface area contributed by atoms with Gasteiger partial charge in [0.1, 0.15) is 5.75 Å². The van der Waals surface area contributed by atoms with Gasteiger partial charge in [-0.15, -0.1) is 0 Å². The van der Waals surface area contributed by atoms with Gasteiger partial charge in [-0.25, -0.2) is 0 Å². The quantitative estimate of drug-likeness (QED) is 0.799. The van der Waals surface area contributed by atoms with Gasteiger partial charge in [0.2, 0.25) is 0 Å². The van der Waals surface area contributed by atoms with Gasteiger partial charge in [0, 0.05) is 38.3 Å². The molecule has 0 saturated carbocycles. The molecule has 1 fully saturated rings. The van der Waals surface area contributed by atoms with Crippen LogP contribution in [0.15, 0.2) is 24.4 Å². The van der Waals surface area contributed by atoms with Crippen LogP contribution in [0.1, 0.15) is 29.6 Å². The number of piperidine rings is 1. The van der Waals surface area contributed by atoms with Crippen molar-refractivity contribution in [1.82, 2.24) is 9.47 Å². The van der Waals surface area contributed by atoms with Gasteiger partial charge < -0.3 is 18.9 Å². The number of likely N-dealkylation sites (tertiary alicyclic amines) is 1. The van der Waals surface area contributed by atoms with Crippen LogP contribution >= 0.6 is 0 Å². The molecule has 25 heavy (non-hydrogen) atoms. The summed E-state index contributed by atoms with van der Waals surface area (Å²) in [4.78, 5) is 14.8. The minimum atomic E-state index is -2.92.